The summed E-state index contributed by atoms with van der Waals surface area (Å²) < 4.78 is 10.3. The van der Waals surface area contributed by atoms with Crippen LogP contribution in [0.25, 0.3) is 0 Å². The summed E-state index contributed by atoms with van der Waals surface area (Å²) in [5.74, 6) is 0.207. The van der Waals surface area contributed by atoms with E-state index in [-0.39, 0.29) is 6.61 Å². The van der Waals surface area contributed by atoms with Gasteiger partial charge in [-0.1, -0.05) is 23.7 Å². The van der Waals surface area contributed by atoms with E-state index in [1.165, 1.54) is 0 Å². The Bertz CT molecular complexity index is 645. The van der Waals surface area contributed by atoms with Crippen molar-refractivity contribution in [2.75, 3.05) is 6.61 Å². The molecule has 0 aliphatic heterocycles. The molecule has 0 saturated heterocycles. The third-order valence-corrected chi connectivity index (χ3v) is 2.93. The van der Waals surface area contributed by atoms with Gasteiger partial charge in [0.15, 0.2) is 6.61 Å². The molecule has 0 aliphatic rings. The third-order valence-electron chi connectivity index (χ3n) is 2.68. The van der Waals surface area contributed by atoms with Gasteiger partial charge in [0.1, 0.15) is 18.4 Å². The van der Waals surface area contributed by atoms with Gasteiger partial charge in [-0.15, -0.1) is 0 Å². The lowest BCUT2D eigenvalue weighted by Crippen LogP contribution is -2.05. The number of ether oxygens (including phenoxy) is 2. The first-order valence-corrected chi connectivity index (χ1v) is 6.58. The maximum atomic E-state index is 11.5. The molecule has 0 radical (unpaired) electrons. The number of hydrogen-bond acceptors (Lipinski definition) is 4. The van der Waals surface area contributed by atoms with E-state index in [0.29, 0.717) is 17.2 Å². The Morgan fingerprint density at radius 1 is 1.10 bits per heavy atom. The molecule has 5 heteroatoms. The Kier molecular flexibility index (Phi) is 5.19. The highest BCUT2D eigenvalue weighted by Gasteiger charge is 2.06. The molecule has 0 amide bonds. The molecule has 106 valence electrons. The lowest BCUT2D eigenvalue weighted by Gasteiger charge is -2.07. The number of hydrogen-bond donors (Lipinski definition) is 0. The number of benzene rings is 2. The number of nitrogens with zero attached hydrogens (tertiary/aromatic N) is 1. The van der Waals surface area contributed by atoms with Crippen LogP contribution in [-0.2, 0) is 11.3 Å². The predicted octanol–water partition coefficient (Wildman–Crippen LogP) is 3.60. The van der Waals surface area contributed by atoms with E-state index < -0.39 is 5.97 Å². The van der Waals surface area contributed by atoms with Crippen LogP contribution in [0.3, 0.4) is 0 Å². The van der Waals surface area contributed by atoms with Crippen molar-refractivity contribution in [1.29, 1.82) is 5.26 Å². The van der Waals surface area contributed by atoms with E-state index in [9.17, 15) is 4.79 Å². The largest absolute Gasteiger partial charge is 0.489 e. The van der Waals surface area contributed by atoms with Gasteiger partial charge in [0, 0.05) is 5.02 Å². The molecule has 0 aliphatic carbocycles. The van der Waals surface area contributed by atoms with Gasteiger partial charge in [-0.05, 0) is 42.0 Å². The molecule has 4 nitrogen and oxygen atoms in total. The molecule has 0 N–H and O–H groups in total. The second kappa shape index (κ2) is 7.32. The Labute approximate surface area is 127 Å². The molecule has 0 aromatic heterocycles. The van der Waals surface area contributed by atoms with Crippen LogP contribution in [-0.4, -0.2) is 12.6 Å². The minimum absolute atomic E-state index is 0.250. The summed E-state index contributed by atoms with van der Waals surface area (Å²) in [6, 6.07) is 15.7. The van der Waals surface area contributed by atoms with Crippen molar-refractivity contribution in [2.24, 2.45) is 0 Å². The summed E-state index contributed by atoms with van der Waals surface area (Å²) in [7, 11) is 0. The van der Waals surface area contributed by atoms with Crippen LogP contribution >= 0.6 is 11.6 Å². The standard InChI is InChI=1S/C16H12ClNO3/c17-14-5-7-15(8-6-14)21-11-12-1-3-13(4-2-12)16(19)20-10-9-18/h1-8H,10-11H2. The minimum atomic E-state index is -0.512. The number of esters is 1. The van der Waals surface area contributed by atoms with Crippen molar-refractivity contribution < 1.29 is 14.3 Å². The number of rotatable bonds is 5. The summed E-state index contributed by atoms with van der Waals surface area (Å²) in [4.78, 5) is 11.5. The quantitative estimate of drug-likeness (QED) is 0.792. The molecule has 0 heterocycles. The topological polar surface area (TPSA) is 59.3 Å². The second-order valence-corrected chi connectivity index (χ2v) is 4.61. The van der Waals surface area contributed by atoms with Gasteiger partial charge in [0.2, 0.25) is 0 Å². The fourth-order valence-electron chi connectivity index (χ4n) is 1.62. The molecule has 21 heavy (non-hydrogen) atoms. The normalized spacial score (nSPS) is 9.71. The summed E-state index contributed by atoms with van der Waals surface area (Å²) >= 11 is 5.79. The zero-order valence-electron chi connectivity index (χ0n) is 11.1. The molecule has 0 saturated carbocycles. The van der Waals surface area contributed by atoms with Crippen molar-refractivity contribution in [3.8, 4) is 11.8 Å². The molecule has 0 fully saturated rings. The van der Waals surface area contributed by atoms with Gasteiger partial charge in [0.25, 0.3) is 0 Å². The number of halogens is 1. The van der Waals surface area contributed by atoms with E-state index in [0.717, 1.165) is 11.3 Å². The number of carbonyl (C=O) groups is 1. The molecule has 0 spiro atoms. The van der Waals surface area contributed by atoms with E-state index in [4.69, 9.17) is 26.3 Å². The molecule has 2 aromatic carbocycles. The third kappa shape index (κ3) is 4.51. The van der Waals surface area contributed by atoms with Gasteiger partial charge >= 0.3 is 5.97 Å². The molecule has 0 bridgehead atoms. The van der Waals surface area contributed by atoms with Gasteiger partial charge in [-0.25, -0.2) is 4.79 Å². The zero-order chi connectivity index (χ0) is 15.1. The van der Waals surface area contributed by atoms with Crippen LogP contribution in [0.4, 0.5) is 0 Å². The van der Waals surface area contributed by atoms with Gasteiger partial charge in [0.05, 0.1) is 5.56 Å². The summed E-state index contributed by atoms with van der Waals surface area (Å²) in [6.07, 6.45) is 0. The van der Waals surface area contributed by atoms with E-state index >= 15 is 0 Å². The molecular weight excluding hydrogens is 290 g/mol. The summed E-state index contributed by atoms with van der Waals surface area (Å²) in [6.45, 7) is 0.134. The van der Waals surface area contributed by atoms with Crippen molar-refractivity contribution in [3.63, 3.8) is 0 Å². The molecular formula is C16H12ClNO3. The predicted molar refractivity (Wildman–Crippen MR) is 78.1 cm³/mol. The van der Waals surface area contributed by atoms with Crippen LogP contribution in [0.5, 0.6) is 5.75 Å². The van der Waals surface area contributed by atoms with Crippen molar-refractivity contribution in [1.82, 2.24) is 0 Å². The molecule has 2 aromatic rings. The Balaban J connectivity index is 1.92. The van der Waals surface area contributed by atoms with Crippen molar-refractivity contribution in [2.45, 2.75) is 6.61 Å². The highest BCUT2D eigenvalue weighted by atomic mass is 35.5. The van der Waals surface area contributed by atoms with Crippen molar-refractivity contribution >= 4 is 17.6 Å². The fraction of sp³-hybridized carbons (Fsp3) is 0.125. The number of nitriles is 1. The average molecular weight is 302 g/mol. The van der Waals surface area contributed by atoms with Gasteiger partial charge in [-0.3, -0.25) is 0 Å². The first-order chi connectivity index (χ1) is 10.2. The van der Waals surface area contributed by atoms with Crippen LogP contribution < -0.4 is 4.74 Å². The second-order valence-electron chi connectivity index (χ2n) is 4.17. The maximum absolute atomic E-state index is 11.5. The molecule has 0 atom stereocenters. The lowest BCUT2D eigenvalue weighted by atomic mass is 10.1. The Morgan fingerprint density at radius 2 is 1.76 bits per heavy atom. The Morgan fingerprint density at radius 3 is 2.38 bits per heavy atom. The Hall–Kier alpha value is -2.51. The van der Waals surface area contributed by atoms with E-state index in [1.54, 1.807) is 54.6 Å². The highest BCUT2D eigenvalue weighted by Crippen LogP contribution is 2.17. The van der Waals surface area contributed by atoms with Gasteiger partial charge in [-0.2, -0.15) is 5.26 Å². The van der Waals surface area contributed by atoms with Gasteiger partial charge < -0.3 is 9.47 Å². The summed E-state index contributed by atoms with van der Waals surface area (Å²) in [5.41, 5.74) is 1.32. The van der Waals surface area contributed by atoms with Crippen LogP contribution in [0.1, 0.15) is 15.9 Å². The minimum Gasteiger partial charge on any atom is -0.489 e. The van der Waals surface area contributed by atoms with Crippen molar-refractivity contribution in [3.05, 3.63) is 64.7 Å². The molecule has 0 unspecified atom stereocenters. The maximum Gasteiger partial charge on any atom is 0.339 e. The monoisotopic (exact) mass is 301 g/mol. The van der Waals surface area contributed by atoms with E-state index in [1.807, 2.05) is 0 Å². The fourth-order valence-corrected chi connectivity index (χ4v) is 1.74. The first-order valence-electron chi connectivity index (χ1n) is 6.20. The SMILES string of the molecule is N#CCOC(=O)c1ccc(COc2ccc(Cl)cc2)cc1. The van der Waals surface area contributed by atoms with E-state index in [2.05, 4.69) is 0 Å². The first kappa shape index (κ1) is 14.9. The zero-order valence-corrected chi connectivity index (χ0v) is 11.8. The van der Waals surface area contributed by atoms with Crippen LogP contribution in [0, 0.1) is 11.3 Å². The highest BCUT2D eigenvalue weighted by molar-refractivity contribution is 6.30. The van der Waals surface area contributed by atoms with Crippen LogP contribution in [0.2, 0.25) is 5.02 Å². The number of carbonyl (C=O) groups excluding carboxylic acids is 1. The average Bonchev–Trinajstić information content (AvgIpc) is 2.52. The van der Waals surface area contributed by atoms with Crippen LogP contribution in [0.15, 0.2) is 48.5 Å². The molecule has 2 rings (SSSR count). The summed E-state index contributed by atoms with van der Waals surface area (Å²) in [5, 5.41) is 9.00. The smallest absolute Gasteiger partial charge is 0.339 e. The lowest BCUT2D eigenvalue weighted by molar-refractivity contribution is 0.0555.